The number of fused-ring (bicyclic) bond motifs is 1. The topological polar surface area (TPSA) is 126 Å². The van der Waals surface area contributed by atoms with E-state index in [0.717, 1.165) is 31.2 Å². The molecule has 0 radical (unpaired) electrons. The van der Waals surface area contributed by atoms with Crippen molar-refractivity contribution in [1.82, 2.24) is 14.7 Å². The maximum Gasteiger partial charge on any atom is 0.308 e. The number of benzene rings is 1. The molecule has 10 nitrogen and oxygen atoms in total. The molecule has 10 heteroatoms. The molecule has 2 amide bonds. The molecule has 4 rings (SSSR count). The van der Waals surface area contributed by atoms with E-state index in [1.807, 2.05) is 28.0 Å². The van der Waals surface area contributed by atoms with Crippen molar-refractivity contribution in [3.8, 4) is 11.5 Å². The summed E-state index contributed by atoms with van der Waals surface area (Å²) in [5.41, 5.74) is 6.63. The van der Waals surface area contributed by atoms with Crippen molar-refractivity contribution in [2.24, 2.45) is 11.7 Å². The molecule has 3 aliphatic rings. The van der Waals surface area contributed by atoms with Crippen LogP contribution >= 0.6 is 0 Å². The first kappa shape index (κ1) is 27.2. The lowest BCUT2D eigenvalue weighted by Gasteiger charge is -2.32. The average Bonchev–Trinajstić information content (AvgIpc) is 3.50. The monoisotopic (exact) mass is 516 g/mol. The lowest BCUT2D eigenvalue weighted by Crippen LogP contribution is -2.47. The second-order valence-electron chi connectivity index (χ2n) is 10.2. The van der Waals surface area contributed by atoms with Gasteiger partial charge in [-0.1, -0.05) is 19.4 Å². The number of carbonyl (C=O) groups excluding carboxylic acids is 2. The number of nitrogens with zero attached hydrogens (tertiary/aromatic N) is 3. The number of ether oxygens (including phenoxy) is 2. The zero-order chi connectivity index (χ0) is 26.4. The molecule has 2 fully saturated rings. The van der Waals surface area contributed by atoms with E-state index in [2.05, 4.69) is 6.92 Å². The van der Waals surface area contributed by atoms with E-state index in [1.54, 1.807) is 4.90 Å². The Balaban J connectivity index is 1.57. The Kier molecular flexibility index (Phi) is 9.26. The number of hydrogen-bond acceptors (Lipinski definition) is 7. The van der Waals surface area contributed by atoms with Crippen molar-refractivity contribution in [3.63, 3.8) is 0 Å². The van der Waals surface area contributed by atoms with Gasteiger partial charge in [-0.25, -0.2) is 0 Å². The minimum absolute atomic E-state index is 0.0339. The number of nitrogens with two attached hydrogens (primary N) is 1. The fraction of sp³-hybridized carbons (Fsp3) is 0.667. The molecule has 204 valence electrons. The van der Waals surface area contributed by atoms with E-state index in [-0.39, 0.29) is 37.1 Å². The summed E-state index contributed by atoms with van der Waals surface area (Å²) < 4.78 is 11.0. The van der Waals surface area contributed by atoms with Gasteiger partial charge in [-0.3, -0.25) is 19.3 Å². The summed E-state index contributed by atoms with van der Waals surface area (Å²) in [4.78, 5) is 44.1. The Labute approximate surface area is 218 Å². The largest absolute Gasteiger partial charge is 0.481 e. The number of unbranched alkanes of at least 4 members (excludes halogenated alkanes) is 1. The van der Waals surface area contributed by atoms with Gasteiger partial charge in [0.15, 0.2) is 11.5 Å². The van der Waals surface area contributed by atoms with Crippen molar-refractivity contribution >= 4 is 17.8 Å². The van der Waals surface area contributed by atoms with Crippen LogP contribution in [0.5, 0.6) is 11.5 Å². The van der Waals surface area contributed by atoms with Gasteiger partial charge in [0.1, 0.15) is 0 Å². The predicted octanol–water partition coefficient (Wildman–Crippen LogP) is 1.87. The third-order valence-electron chi connectivity index (χ3n) is 7.85. The molecule has 0 bridgehead atoms. The third-order valence-corrected chi connectivity index (χ3v) is 7.85. The SMILES string of the molecule is CCCCN(CCN)C(=O)CN1C[C@H](c2ccc3c(c2)OCO3)[C@@H](C(=O)O)[C@@H]1CCN1CCCCC1=O. The number of hydrogen-bond donors (Lipinski definition) is 2. The van der Waals surface area contributed by atoms with E-state index in [1.165, 1.54) is 0 Å². The summed E-state index contributed by atoms with van der Waals surface area (Å²) >= 11 is 0. The highest BCUT2D eigenvalue weighted by atomic mass is 16.7. The zero-order valence-electron chi connectivity index (χ0n) is 21.8. The summed E-state index contributed by atoms with van der Waals surface area (Å²) in [6.45, 7) is 5.49. The number of carboxylic acids is 1. The predicted molar refractivity (Wildman–Crippen MR) is 137 cm³/mol. The number of carbonyl (C=O) groups is 3. The number of piperidine rings is 1. The summed E-state index contributed by atoms with van der Waals surface area (Å²) in [6, 6.07) is 5.20. The molecular weight excluding hydrogens is 476 g/mol. The van der Waals surface area contributed by atoms with Crippen molar-refractivity contribution in [2.75, 3.05) is 52.6 Å². The Morgan fingerprint density at radius 1 is 1.19 bits per heavy atom. The molecule has 0 saturated carbocycles. The molecule has 3 atom stereocenters. The van der Waals surface area contributed by atoms with Crippen LogP contribution in [0.15, 0.2) is 18.2 Å². The Morgan fingerprint density at radius 3 is 2.73 bits per heavy atom. The van der Waals surface area contributed by atoms with Crippen LogP contribution in [0, 0.1) is 5.92 Å². The highest BCUT2D eigenvalue weighted by Crippen LogP contribution is 2.42. The molecule has 3 aliphatic heterocycles. The molecule has 0 aromatic heterocycles. The lowest BCUT2D eigenvalue weighted by atomic mass is 9.84. The lowest BCUT2D eigenvalue weighted by molar-refractivity contribution is -0.144. The van der Waals surface area contributed by atoms with Gasteiger partial charge in [0.05, 0.1) is 12.5 Å². The van der Waals surface area contributed by atoms with Crippen LogP contribution in [-0.4, -0.2) is 96.2 Å². The standard InChI is InChI=1S/C27H40N4O6/c1-2-3-11-30(14-10-28)25(33)17-31-16-20(19-7-8-22-23(15-19)37-18-36-22)26(27(34)35)21(31)9-13-29-12-5-4-6-24(29)32/h7-8,15,20-21,26H,2-6,9-14,16-18,28H2,1H3,(H,34,35)/t20-,21+,26-/m1/s1. The van der Waals surface area contributed by atoms with E-state index >= 15 is 0 Å². The average molecular weight is 517 g/mol. The normalized spacial score (nSPS) is 23.5. The summed E-state index contributed by atoms with van der Waals surface area (Å²) in [7, 11) is 0. The van der Waals surface area contributed by atoms with Gasteiger partial charge in [0, 0.05) is 57.6 Å². The minimum atomic E-state index is -0.891. The van der Waals surface area contributed by atoms with Crippen LogP contribution in [0.4, 0.5) is 0 Å². The van der Waals surface area contributed by atoms with Crippen LogP contribution in [0.25, 0.3) is 0 Å². The second-order valence-corrected chi connectivity index (χ2v) is 10.2. The van der Waals surface area contributed by atoms with E-state index in [0.29, 0.717) is 63.6 Å². The van der Waals surface area contributed by atoms with Gasteiger partial charge in [0.25, 0.3) is 0 Å². The van der Waals surface area contributed by atoms with Crippen molar-refractivity contribution in [2.45, 2.75) is 57.4 Å². The zero-order valence-corrected chi connectivity index (χ0v) is 21.8. The molecular formula is C27H40N4O6. The summed E-state index contributed by atoms with van der Waals surface area (Å²) in [5.74, 6) is -0.577. The summed E-state index contributed by atoms with van der Waals surface area (Å²) in [6.07, 6.45) is 4.77. The molecule has 0 spiro atoms. The fourth-order valence-corrected chi connectivity index (χ4v) is 5.86. The minimum Gasteiger partial charge on any atom is -0.481 e. The van der Waals surface area contributed by atoms with E-state index < -0.39 is 11.9 Å². The Bertz CT molecular complexity index is 972. The van der Waals surface area contributed by atoms with Crippen LogP contribution < -0.4 is 15.2 Å². The third kappa shape index (κ3) is 6.35. The Hall–Kier alpha value is -2.85. The molecule has 1 aromatic carbocycles. The number of rotatable bonds is 12. The second kappa shape index (κ2) is 12.6. The van der Waals surface area contributed by atoms with Gasteiger partial charge >= 0.3 is 5.97 Å². The first-order valence-corrected chi connectivity index (χ1v) is 13.5. The smallest absolute Gasteiger partial charge is 0.308 e. The number of carboxylic acid groups (broad SMARTS) is 1. The van der Waals surface area contributed by atoms with Crippen LogP contribution in [-0.2, 0) is 14.4 Å². The van der Waals surface area contributed by atoms with Crippen LogP contribution in [0.1, 0.15) is 56.9 Å². The van der Waals surface area contributed by atoms with E-state index in [4.69, 9.17) is 15.2 Å². The van der Waals surface area contributed by atoms with Gasteiger partial charge in [-0.05, 0) is 43.4 Å². The van der Waals surface area contributed by atoms with Gasteiger partial charge in [-0.15, -0.1) is 0 Å². The van der Waals surface area contributed by atoms with Crippen molar-refractivity contribution in [3.05, 3.63) is 23.8 Å². The first-order chi connectivity index (χ1) is 17.9. The fourth-order valence-electron chi connectivity index (χ4n) is 5.86. The first-order valence-electron chi connectivity index (χ1n) is 13.5. The maximum atomic E-state index is 13.4. The summed E-state index contributed by atoms with van der Waals surface area (Å²) in [5, 5.41) is 10.4. The molecule has 0 unspecified atom stereocenters. The molecule has 3 N–H and O–H groups in total. The quantitative estimate of drug-likeness (QED) is 0.431. The van der Waals surface area contributed by atoms with Crippen LogP contribution in [0.3, 0.4) is 0 Å². The number of likely N-dealkylation sites (tertiary alicyclic amines) is 2. The van der Waals surface area contributed by atoms with Crippen LogP contribution in [0.2, 0.25) is 0 Å². The number of aliphatic carboxylic acids is 1. The van der Waals surface area contributed by atoms with Gasteiger partial charge in [0.2, 0.25) is 18.6 Å². The highest BCUT2D eigenvalue weighted by Gasteiger charge is 2.47. The van der Waals surface area contributed by atoms with E-state index in [9.17, 15) is 19.5 Å². The maximum absolute atomic E-state index is 13.4. The number of amides is 2. The van der Waals surface area contributed by atoms with Crippen molar-refractivity contribution < 1.29 is 29.0 Å². The molecule has 2 saturated heterocycles. The highest BCUT2D eigenvalue weighted by molar-refractivity contribution is 5.79. The van der Waals surface area contributed by atoms with Gasteiger partial charge in [-0.2, -0.15) is 0 Å². The molecule has 1 aromatic rings. The van der Waals surface area contributed by atoms with Crippen molar-refractivity contribution in [1.29, 1.82) is 0 Å². The molecule has 3 heterocycles. The Morgan fingerprint density at radius 2 is 2.00 bits per heavy atom. The molecule has 37 heavy (non-hydrogen) atoms. The van der Waals surface area contributed by atoms with Gasteiger partial charge < -0.3 is 30.1 Å². The molecule has 0 aliphatic carbocycles.